The van der Waals surface area contributed by atoms with Crippen molar-refractivity contribution in [1.29, 1.82) is 0 Å². The summed E-state index contributed by atoms with van der Waals surface area (Å²) in [7, 11) is 5.19. The van der Waals surface area contributed by atoms with Gasteiger partial charge < -0.3 is 30.7 Å². The summed E-state index contributed by atoms with van der Waals surface area (Å²) in [5.41, 5.74) is 6.42. The molecule has 10 heteroatoms. The molecule has 0 spiro atoms. The molecule has 0 unspecified atom stereocenters. The van der Waals surface area contributed by atoms with Crippen LogP contribution in [-0.4, -0.2) is 68.8 Å². The fourth-order valence-corrected chi connectivity index (χ4v) is 3.57. The van der Waals surface area contributed by atoms with Crippen molar-refractivity contribution in [1.82, 2.24) is 9.88 Å². The molecule has 32 heavy (non-hydrogen) atoms. The number of ether oxygens (including phenoxy) is 2. The van der Waals surface area contributed by atoms with Gasteiger partial charge in [0.25, 0.3) is 6.02 Å². The molecule has 0 aliphatic carbocycles. The molecule has 1 aliphatic heterocycles. The lowest BCUT2D eigenvalue weighted by Crippen LogP contribution is -2.41. The van der Waals surface area contributed by atoms with Crippen molar-refractivity contribution >= 4 is 39.5 Å². The van der Waals surface area contributed by atoms with Gasteiger partial charge in [-0.1, -0.05) is 30.1 Å². The quantitative estimate of drug-likeness (QED) is 0.221. The third kappa shape index (κ3) is 9.97. The number of aliphatic imine (C=N–C) groups is 1. The lowest BCUT2D eigenvalue weighted by Gasteiger charge is -2.31. The minimum atomic E-state index is -0.0226. The van der Waals surface area contributed by atoms with Gasteiger partial charge in [-0.15, -0.1) is 0 Å². The van der Waals surface area contributed by atoms with E-state index >= 15 is 0 Å². The first-order valence-electron chi connectivity index (χ1n) is 10.5. The number of carbonyl (C=O) groups excluding carboxylic acids is 1. The normalized spacial score (nSPS) is 14.9. The number of amides is 1. The Hall–Kier alpha value is -2.85. The predicted octanol–water partition coefficient (Wildman–Crippen LogP) is 3.55. The number of nitrogens with one attached hydrogen (secondary N) is 2. The topological polar surface area (TPSA) is 114 Å². The van der Waals surface area contributed by atoms with Gasteiger partial charge >= 0.3 is 0 Å². The maximum absolute atomic E-state index is 11.3. The monoisotopic (exact) mass is 466 g/mol. The van der Waals surface area contributed by atoms with Crippen LogP contribution in [0.15, 0.2) is 36.0 Å². The van der Waals surface area contributed by atoms with Crippen LogP contribution in [0.5, 0.6) is 0 Å². The third-order valence-electron chi connectivity index (χ3n) is 4.45. The van der Waals surface area contributed by atoms with E-state index in [1.165, 1.54) is 6.08 Å². The molecule has 1 fully saturated rings. The molecule has 1 aliphatic rings. The van der Waals surface area contributed by atoms with E-state index in [9.17, 15) is 4.79 Å². The Balaban J connectivity index is 0.000000607. The van der Waals surface area contributed by atoms with Crippen LogP contribution >= 0.6 is 11.3 Å². The van der Waals surface area contributed by atoms with Crippen LogP contribution in [0, 0.1) is 0 Å². The van der Waals surface area contributed by atoms with Gasteiger partial charge in [0.2, 0.25) is 5.91 Å². The smallest absolute Gasteiger partial charge is 0.281 e. The Morgan fingerprint density at radius 1 is 1.47 bits per heavy atom. The maximum atomic E-state index is 11.3. The molecule has 2 heterocycles. The Kier molecular flexibility index (Phi) is 13.5. The largest absolute Gasteiger partial charge is 0.462 e. The van der Waals surface area contributed by atoms with Gasteiger partial charge in [0.1, 0.15) is 11.1 Å². The fourth-order valence-electron chi connectivity index (χ4n) is 2.79. The highest BCUT2D eigenvalue weighted by Crippen LogP contribution is 2.28. The SMILES string of the molecule is C/C=C\c1nc(N/C=C/CCOC)sc1NC.C=CC(=O)N1CCC(OC(N)=NC)CC1.[HH]. The Morgan fingerprint density at radius 3 is 2.75 bits per heavy atom. The van der Waals surface area contributed by atoms with Crippen LogP contribution in [0.3, 0.4) is 0 Å². The number of nitrogens with two attached hydrogens (primary N) is 1. The first-order valence-corrected chi connectivity index (χ1v) is 11.3. The molecule has 4 N–H and O–H groups in total. The van der Waals surface area contributed by atoms with Crippen molar-refractivity contribution in [3.05, 3.63) is 36.7 Å². The maximum Gasteiger partial charge on any atom is 0.281 e. The molecule has 0 atom stereocenters. The minimum Gasteiger partial charge on any atom is -0.462 e. The van der Waals surface area contributed by atoms with E-state index in [1.54, 1.807) is 30.4 Å². The molecule has 2 rings (SSSR count). The Morgan fingerprint density at radius 2 is 2.19 bits per heavy atom. The molecule has 180 valence electrons. The zero-order chi connectivity index (χ0) is 23.8. The highest BCUT2D eigenvalue weighted by atomic mass is 32.1. The lowest BCUT2D eigenvalue weighted by molar-refractivity contribution is -0.127. The van der Waals surface area contributed by atoms with Gasteiger partial charge in [0, 0.05) is 55.2 Å². The number of anilines is 2. The number of aromatic nitrogens is 1. The van der Waals surface area contributed by atoms with Crippen molar-refractivity contribution in [3.8, 4) is 0 Å². The van der Waals surface area contributed by atoms with Gasteiger partial charge in [-0.25, -0.2) is 9.98 Å². The first-order chi connectivity index (χ1) is 15.5. The van der Waals surface area contributed by atoms with Crippen molar-refractivity contribution in [2.75, 3.05) is 51.5 Å². The molecule has 9 nitrogen and oxygen atoms in total. The van der Waals surface area contributed by atoms with Crippen molar-refractivity contribution in [2.24, 2.45) is 10.7 Å². The van der Waals surface area contributed by atoms with Gasteiger partial charge in [-0.2, -0.15) is 0 Å². The summed E-state index contributed by atoms with van der Waals surface area (Å²) in [5, 5.41) is 8.24. The number of allylic oxidation sites excluding steroid dienone is 1. The molecule has 0 aromatic carbocycles. The van der Waals surface area contributed by atoms with Crippen LogP contribution in [0.1, 0.15) is 33.3 Å². The summed E-state index contributed by atoms with van der Waals surface area (Å²) in [5.74, 6) is -0.0226. The number of rotatable bonds is 9. The highest BCUT2D eigenvalue weighted by Gasteiger charge is 2.22. The van der Waals surface area contributed by atoms with Crippen LogP contribution in [-0.2, 0) is 14.3 Å². The zero-order valence-electron chi connectivity index (χ0n) is 19.5. The van der Waals surface area contributed by atoms with Crippen LogP contribution in [0.25, 0.3) is 6.08 Å². The number of methoxy groups -OCH3 is 1. The summed E-state index contributed by atoms with van der Waals surface area (Å²) >= 11 is 1.60. The molecule has 1 aromatic heterocycles. The summed E-state index contributed by atoms with van der Waals surface area (Å²) < 4.78 is 10.3. The first kappa shape index (κ1) is 27.2. The van der Waals surface area contributed by atoms with E-state index in [1.807, 2.05) is 38.4 Å². The third-order valence-corrected chi connectivity index (χ3v) is 5.47. The van der Waals surface area contributed by atoms with E-state index in [0.717, 1.165) is 41.7 Å². The van der Waals surface area contributed by atoms with Gasteiger partial charge in [-0.3, -0.25) is 4.79 Å². The summed E-state index contributed by atoms with van der Waals surface area (Å²) in [4.78, 5) is 21.2. The number of nitrogens with zero attached hydrogens (tertiary/aromatic N) is 3. The molecule has 0 bridgehead atoms. The Bertz CT molecular complexity index is 789. The molecule has 1 saturated heterocycles. The standard InChI is InChI=1S/C12H19N3OS.C10H17N3O2.H2/c1-4-7-10-11(13-2)17-12(15-10)14-8-5-6-9-16-3;1-3-9(14)13-6-4-8(5-7-13)15-10(11)12-2;/h4-5,7-8,13H,6,9H2,1-3H3,(H,14,15);3,8H,1,4-7H2,2H3,(H2,11,12);1H/b7-4-,8-5+;;. The molecule has 1 amide bonds. The number of amidine groups is 1. The van der Waals surface area contributed by atoms with Crippen LogP contribution in [0.2, 0.25) is 0 Å². The molecule has 0 saturated carbocycles. The van der Waals surface area contributed by atoms with E-state index in [0.29, 0.717) is 13.1 Å². The van der Waals surface area contributed by atoms with Gasteiger partial charge in [0.15, 0.2) is 5.13 Å². The molecular weight excluding hydrogens is 428 g/mol. The van der Waals surface area contributed by atoms with Crippen LogP contribution < -0.4 is 16.4 Å². The van der Waals surface area contributed by atoms with E-state index in [4.69, 9.17) is 15.2 Å². The molecular formula is C22H38N6O3S. The number of carbonyl (C=O) groups is 1. The fraction of sp³-hybridized carbons (Fsp3) is 0.500. The number of hydrogen-bond acceptors (Lipinski definition) is 8. The second kappa shape index (κ2) is 15.9. The summed E-state index contributed by atoms with van der Waals surface area (Å²) in [6.07, 6.45) is 11.8. The number of thiazole rings is 1. The Labute approximate surface area is 196 Å². The number of likely N-dealkylation sites (tertiary alicyclic amines) is 1. The lowest BCUT2D eigenvalue weighted by atomic mass is 10.1. The van der Waals surface area contributed by atoms with Crippen molar-refractivity contribution in [2.45, 2.75) is 32.3 Å². The minimum absolute atomic E-state index is 0. The number of hydrogen-bond donors (Lipinski definition) is 3. The van der Waals surface area contributed by atoms with Crippen molar-refractivity contribution < 1.29 is 15.7 Å². The van der Waals surface area contributed by atoms with E-state index in [2.05, 4.69) is 27.2 Å². The predicted molar refractivity (Wildman–Crippen MR) is 136 cm³/mol. The van der Waals surface area contributed by atoms with Crippen LogP contribution in [0.4, 0.5) is 10.1 Å². The zero-order valence-corrected chi connectivity index (χ0v) is 20.3. The highest BCUT2D eigenvalue weighted by molar-refractivity contribution is 7.19. The molecule has 0 radical (unpaired) electrons. The summed E-state index contributed by atoms with van der Waals surface area (Å²) in [6.45, 7) is 7.55. The number of piperidine rings is 1. The van der Waals surface area contributed by atoms with E-state index in [-0.39, 0.29) is 19.5 Å². The average molecular weight is 467 g/mol. The van der Waals surface area contributed by atoms with Gasteiger partial charge in [-0.05, 0) is 31.7 Å². The second-order valence-corrected chi connectivity index (χ2v) is 7.72. The van der Waals surface area contributed by atoms with Crippen molar-refractivity contribution in [3.63, 3.8) is 0 Å². The molecule has 1 aromatic rings. The second-order valence-electron chi connectivity index (χ2n) is 6.72. The van der Waals surface area contributed by atoms with Gasteiger partial charge in [0.05, 0.1) is 5.69 Å². The average Bonchev–Trinajstić information content (AvgIpc) is 3.21. The summed E-state index contributed by atoms with van der Waals surface area (Å²) in [6, 6.07) is 0.212. The van der Waals surface area contributed by atoms with E-state index < -0.39 is 0 Å².